The van der Waals surface area contributed by atoms with Crippen molar-refractivity contribution in [2.24, 2.45) is 0 Å². The van der Waals surface area contributed by atoms with Crippen LogP contribution in [0.2, 0.25) is 0 Å². The van der Waals surface area contributed by atoms with Crippen LogP contribution in [0.4, 0.5) is 0 Å². The van der Waals surface area contributed by atoms with E-state index in [4.69, 9.17) is 9.47 Å². The monoisotopic (exact) mass is 328 g/mol. The van der Waals surface area contributed by atoms with Gasteiger partial charge >= 0.3 is 5.97 Å². The second-order valence-electron chi connectivity index (χ2n) is 5.51. The number of hydrogen-bond acceptors (Lipinski definition) is 4. The molecule has 0 atom stereocenters. The van der Waals surface area contributed by atoms with Crippen molar-refractivity contribution < 1.29 is 19.0 Å². The lowest BCUT2D eigenvalue weighted by molar-refractivity contribution is -0.140. The highest BCUT2D eigenvalue weighted by Crippen LogP contribution is 2.30. The maximum Gasteiger partial charge on any atom is 0.305 e. The maximum atomic E-state index is 11.3. The molecule has 2 aromatic rings. The van der Waals surface area contributed by atoms with Crippen molar-refractivity contribution in [3.63, 3.8) is 0 Å². The minimum absolute atomic E-state index is 0.215. The summed E-state index contributed by atoms with van der Waals surface area (Å²) in [5.41, 5.74) is 3.37. The van der Waals surface area contributed by atoms with E-state index in [-0.39, 0.29) is 5.97 Å². The third-order valence-electron chi connectivity index (χ3n) is 3.80. The highest BCUT2D eigenvalue weighted by Gasteiger charge is 2.09. The minimum Gasteiger partial charge on any atom is -0.490 e. The molecule has 2 rings (SSSR count). The Morgan fingerprint density at radius 2 is 1.83 bits per heavy atom. The Bertz CT molecular complexity index is 679. The molecule has 0 fully saturated rings. The Labute approximate surface area is 143 Å². The van der Waals surface area contributed by atoms with Gasteiger partial charge in [-0.2, -0.15) is 0 Å². The lowest BCUT2D eigenvalue weighted by Crippen LogP contribution is -2.04. The number of benzene rings is 2. The molecule has 0 saturated carbocycles. The lowest BCUT2D eigenvalue weighted by Gasteiger charge is -2.14. The average molecular weight is 328 g/mol. The van der Waals surface area contributed by atoms with Crippen LogP contribution < -0.4 is 9.47 Å². The van der Waals surface area contributed by atoms with Crippen LogP contribution in [0.1, 0.15) is 30.0 Å². The molecule has 0 saturated heterocycles. The number of ether oxygens (including phenoxy) is 3. The SMILES string of the molecule is CCOc1cc(CCC(=O)OC)ccc1OCc1ccccc1C. The molecule has 24 heavy (non-hydrogen) atoms. The van der Waals surface area contributed by atoms with Gasteiger partial charge < -0.3 is 14.2 Å². The third-order valence-corrected chi connectivity index (χ3v) is 3.80. The fraction of sp³-hybridized carbons (Fsp3) is 0.350. The van der Waals surface area contributed by atoms with Gasteiger partial charge in [-0.3, -0.25) is 4.79 Å². The van der Waals surface area contributed by atoms with Crippen molar-refractivity contribution in [1.82, 2.24) is 0 Å². The summed E-state index contributed by atoms with van der Waals surface area (Å²) in [7, 11) is 1.40. The molecule has 0 aliphatic heterocycles. The minimum atomic E-state index is -0.215. The molecule has 0 N–H and O–H groups in total. The number of methoxy groups -OCH3 is 1. The molecule has 0 bridgehead atoms. The highest BCUT2D eigenvalue weighted by atomic mass is 16.5. The first-order valence-electron chi connectivity index (χ1n) is 8.14. The predicted octanol–water partition coefficient (Wildman–Crippen LogP) is 4.08. The number of aryl methyl sites for hydroxylation is 2. The van der Waals surface area contributed by atoms with Crippen LogP contribution in [-0.2, 0) is 22.6 Å². The van der Waals surface area contributed by atoms with Gasteiger partial charge in [0.1, 0.15) is 6.61 Å². The number of rotatable bonds is 8. The molecular weight excluding hydrogens is 304 g/mol. The van der Waals surface area contributed by atoms with E-state index in [0.29, 0.717) is 37.6 Å². The molecule has 128 valence electrons. The van der Waals surface area contributed by atoms with Crippen LogP contribution in [0.3, 0.4) is 0 Å². The van der Waals surface area contributed by atoms with Crippen LogP contribution >= 0.6 is 0 Å². The van der Waals surface area contributed by atoms with E-state index in [2.05, 4.69) is 23.8 Å². The standard InChI is InChI=1S/C20H24O4/c1-4-23-19-13-16(10-12-20(21)22-3)9-11-18(19)24-14-17-8-6-5-7-15(17)2/h5-9,11,13H,4,10,12,14H2,1-3H3. The van der Waals surface area contributed by atoms with Gasteiger partial charge in [-0.25, -0.2) is 0 Å². The molecule has 4 nitrogen and oxygen atoms in total. The summed E-state index contributed by atoms with van der Waals surface area (Å²) in [5.74, 6) is 1.20. The quantitative estimate of drug-likeness (QED) is 0.685. The predicted molar refractivity (Wildman–Crippen MR) is 93.5 cm³/mol. The highest BCUT2D eigenvalue weighted by molar-refractivity contribution is 5.69. The van der Waals surface area contributed by atoms with Gasteiger partial charge in [0, 0.05) is 6.42 Å². The van der Waals surface area contributed by atoms with Crippen LogP contribution in [-0.4, -0.2) is 19.7 Å². The Morgan fingerprint density at radius 1 is 1.04 bits per heavy atom. The van der Waals surface area contributed by atoms with Crippen molar-refractivity contribution in [1.29, 1.82) is 0 Å². The summed E-state index contributed by atoms with van der Waals surface area (Å²) in [6.07, 6.45) is 0.969. The van der Waals surface area contributed by atoms with Crippen LogP contribution in [0.15, 0.2) is 42.5 Å². The van der Waals surface area contributed by atoms with Crippen molar-refractivity contribution in [2.45, 2.75) is 33.3 Å². The Hall–Kier alpha value is -2.49. The van der Waals surface area contributed by atoms with Gasteiger partial charge in [0.05, 0.1) is 13.7 Å². The molecule has 0 aliphatic rings. The Morgan fingerprint density at radius 3 is 2.54 bits per heavy atom. The van der Waals surface area contributed by atoms with E-state index in [9.17, 15) is 4.79 Å². The molecule has 0 aromatic heterocycles. The molecule has 0 amide bonds. The molecule has 4 heteroatoms. The zero-order chi connectivity index (χ0) is 17.4. The Kier molecular flexibility index (Phi) is 6.67. The van der Waals surface area contributed by atoms with Gasteiger partial charge in [-0.15, -0.1) is 0 Å². The molecule has 2 aromatic carbocycles. The molecule has 0 unspecified atom stereocenters. The van der Waals surface area contributed by atoms with Crippen LogP contribution in [0.25, 0.3) is 0 Å². The van der Waals surface area contributed by atoms with Gasteiger partial charge in [-0.05, 0) is 49.1 Å². The zero-order valence-corrected chi connectivity index (χ0v) is 14.5. The molecule has 0 aliphatic carbocycles. The zero-order valence-electron chi connectivity index (χ0n) is 14.5. The van der Waals surface area contributed by atoms with Crippen molar-refractivity contribution >= 4 is 5.97 Å². The second kappa shape index (κ2) is 8.96. The molecule has 0 spiro atoms. The number of carbonyl (C=O) groups is 1. The van der Waals surface area contributed by atoms with Crippen molar-refractivity contribution in [3.8, 4) is 11.5 Å². The summed E-state index contributed by atoms with van der Waals surface area (Å²) < 4.78 is 16.3. The van der Waals surface area contributed by atoms with Gasteiger partial charge in [0.25, 0.3) is 0 Å². The summed E-state index contributed by atoms with van der Waals surface area (Å²) in [6.45, 7) is 5.06. The summed E-state index contributed by atoms with van der Waals surface area (Å²) in [5, 5.41) is 0. The van der Waals surface area contributed by atoms with Gasteiger partial charge in [-0.1, -0.05) is 30.3 Å². The summed E-state index contributed by atoms with van der Waals surface area (Å²) in [4.78, 5) is 11.3. The first-order valence-corrected chi connectivity index (χ1v) is 8.14. The first-order chi connectivity index (χ1) is 11.6. The second-order valence-corrected chi connectivity index (χ2v) is 5.51. The summed E-state index contributed by atoms with van der Waals surface area (Å²) in [6, 6.07) is 13.9. The topological polar surface area (TPSA) is 44.8 Å². The van der Waals surface area contributed by atoms with E-state index in [0.717, 1.165) is 11.1 Å². The van der Waals surface area contributed by atoms with E-state index >= 15 is 0 Å². The maximum absolute atomic E-state index is 11.3. The molecular formula is C20H24O4. The van der Waals surface area contributed by atoms with Crippen molar-refractivity contribution in [2.75, 3.05) is 13.7 Å². The van der Waals surface area contributed by atoms with Crippen molar-refractivity contribution in [3.05, 3.63) is 59.2 Å². The summed E-state index contributed by atoms with van der Waals surface area (Å²) >= 11 is 0. The molecule has 0 heterocycles. The van der Waals surface area contributed by atoms with E-state index in [1.54, 1.807) is 0 Å². The fourth-order valence-electron chi connectivity index (χ4n) is 2.37. The number of carbonyl (C=O) groups excluding carboxylic acids is 1. The largest absolute Gasteiger partial charge is 0.490 e. The van der Waals surface area contributed by atoms with Gasteiger partial charge in [0.2, 0.25) is 0 Å². The fourth-order valence-corrected chi connectivity index (χ4v) is 2.37. The van der Waals surface area contributed by atoms with E-state index in [1.807, 2.05) is 37.3 Å². The number of hydrogen-bond donors (Lipinski definition) is 0. The molecule has 0 radical (unpaired) electrons. The number of esters is 1. The average Bonchev–Trinajstić information content (AvgIpc) is 2.60. The normalized spacial score (nSPS) is 10.3. The third kappa shape index (κ3) is 5.01. The van der Waals surface area contributed by atoms with E-state index < -0.39 is 0 Å². The van der Waals surface area contributed by atoms with Crippen LogP contribution in [0, 0.1) is 6.92 Å². The first kappa shape index (κ1) is 17.9. The van der Waals surface area contributed by atoms with E-state index in [1.165, 1.54) is 12.7 Å². The van der Waals surface area contributed by atoms with Gasteiger partial charge in [0.15, 0.2) is 11.5 Å². The van der Waals surface area contributed by atoms with Crippen LogP contribution in [0.5, 0.6) is 11.5 Å². The lowest BCUT2D eigenvalue weighted by atomic mass is 10.1. The Balaban J connectivity index is 2.08. The smallest absolute Gasteiger partial charge is 0.305 e.